The van der Waals surface area contributed by atoms with Crippen molar-refractivity contribution in [1.29, 1.82) is 0 Å². The molecule has 2 unspecified atom stereocenters. The zero-order chi connectivity index (χ0) is 19.8. The summed E-state index contributed by atoms with van der Waals surface area (Å²) in [7, 11) is 0. The second-order valence-electron chi connectivity index (χ2n) is 7.58. The van der Waals surface area contributed by atoms with Gasteiger partial charge in [-0.3, -0.25) is 9.80 Å². The maximum absolute atomic E-state index is 12.3. The number of piperazine rings is 2. The third-order valence-corrected chi connectivity index (χ3v) is 5.66. The molecule has 2 saturated heterocycles. The first-order valence-corrected chi connectivity index (χ1v) is 10.3. The number of benzene rings is 1. The van der Waals surface area contributed by atoms with E-state index in [-0.39, 0.29) is 18.2 Å². The van der Waals surface area contributed by atoms with Gasteiger partial charge in [-0.1, -0.05) is 30.3 Å². The van der Waals surface area contributed by atoms with E-state index in [1.54, 1.807) is 4.90 Å². The molecule has 2 fully saturated rings. The van der Waals surface area contributed by atoms with Crippen molar-refractivity contribution in [3.8, 4) is 0 Å². The van der Waals surface area contributed by atoms with Gasteiger partial charge in [-0.2, -0.15) is 0 Å². The van der Waals surface area contributed by atoms with Crippen LogP contribution < -0.4 is 16.8 Å². The molecule has 1 aromatic rings. The summed E-state index contributed by atoms with van der Waals surface area (Å²) >= 11 is 0. The summed E-state index contributed by atoms with van der Waals surface area (Å²) in [6.45, 7) is 8.63. The lowest BCUT2D eigenvalue weighted by Crippen LogP contribution is -2.61. The average molecular weight is 391 g/mol. The molecule has 156 valence electrons. The van der Waals surface area contributed by atoms with Gasteiger partial charge in [0.1, 0.15) is 6.61 Å². The zero-order valence-corrected chi connectivity index (χ0v) is 16.6. The van der Waals surface area contributed by atoms with Crippen LogP contribution in [0.15, 0.2) is 30.3 Å². The first kappa shape index (κ1) is 21.0. The molecule has 0 saturated carbocycles. The fraction of sp³-hybridized carbons (Fsp3) is 0.650. The molecule has 28 heavy (non-hydrogen) atoms. The second-order valence-corrected chi connectivity index (χ2v) is 7.58. The van der Waals surface area contributed by atoms with Crippen molar-refractivity contribution < 1.29 is 9.53 Å². The van der Waals surface area contributed by atoms with Gasteiger partial charge in [0.05, 0.1) is 0 Å². The molecule has 2 atom stereocenters. The van der Waals surface area contributed by atoms with Crippen molar-refractivity contribution in [2.24, 2.45) is 11.5 Å². The van der Waals surface area contributed by atoms with Gasteiger partial charge in [-0.15, -0.1) is 0 Å². The van der Waals surface area contributed by atoms with E-state index in [0.717, 1.165) is 51.4 Å². The molecule has 8 nitrogen and oxygen atoms in total. The molecule has 3 rings (SSSR count). The molecule has 1 aromatic carbocycles. The molecule has 0 radical (unpaired) electrons. The first-order chi connectivity index (χ1) is 13.7. The van der Waals surface area contributed by atoms with Crippen molar-refractivity contribution in [3.05, 3.63) is 35.9 Å². The largest absolute Gasteiger partial charge is 0.445 e. The number of rotatable bonds is 7. The van der Waals surface area contributed by atoms with Gasteiger partial charge >= 0.3 is 6.09 Å². The normalized spacial score (nSPS) is 21.3. The van der Waals surface area contributed by atoms with Crippen LogP contribution in [0.1, 0.15) is 5.56 Å². The van der Waals surface area contributed by atoms with E-state index < -0.39 is 0 Å². The van der Waals surface area contributed by atoms with Crippen molar-refractivity contribution in [2.45, 2.75) is 18.7 Å². The lowest BCUT2D eigenvalue weighted by Gasteiger charge is -2.40. The van der Waals surface area contributed by atoms with E-state index in [9.17, 15) is 4.79 Å². The highest BCUT2D eigenvalue weighted by atomic mass is 16.6. The predicted octanol–water partition coefficient (Wildman–Crippen LogP) is -0.499. The summed E-state index contributed by atoms with van der Waals surface area (Å²) in [6, 6.07) is 9.97. The second kappa shape index (κ2) is 10.7. The third-order valence-electron chi connectivity index (χ3n) is 5.66. The Hall–Kier alpha value is -1.71. The Morgan fingerprint density at radius 3 is 2.39 bits per heavy atom. The molecule has 2 heterocycles. The number of amides is 1. The van der Waals surface area contributed by atoms with Crippen LogP contribution in [0.4, 0.5) is 4.79 Å². The highest BCUT2D eigenvalue weighted by Gasteiger charge is 2.28. The number of nitrogens with one attached hydrogen (secondary N) is 1. The van der Waals surface area contributed by atoms with Crippen LogP contribution in [0, 0.1) is 0 Å². The first-order valence-electron chi connectivity index (χ1n) is 10.3. The number of nitrogens with two attached hydrogens (primary N) is 2. The summed E-state index contributed by atoms with van der Waals surface area (Å²) in [4.78, 5) is 18.8. The molecular weight excluding hydrogens is 356 g/mol. The van der Waals surface area contributed by atoms with Crippen molar-refractivity contribution in [1.82, 2.24) is 20.0 Å². The van der Waals surface area contributed by atoms with Gasteiger partial charge in [0.2, 0.25) is 0 Å². The smallest absolute Gasteiger partial charge is 0.410 e. The van der Waals surface area contributed by atoms with Gasteiger partial charge in [0.15, 0.2) is 0 Å². The Morgan fingerprint density at radius 1 is 1.07 bits per heavy atom. The SMILES string of the molecule is NCC(C(N)CN1CCN(C(=O)OCc2ccccc2)CC1)N1CCNCC1. The number of ether oxygens (including phenoxy) is 1. The summed E-state index contributed by atoms with van der Waals surface area (Å²) in [5.41, 5.74) is 13.5. The lowest BCUT2D eigenvalue weighted by atomic mass is 10.1. The van der Waals surface area contributed by atoms with E-state index >= 15 is 0 Å². The van der Waals surface area contributed by atoms with Gasteiger partial charge in [-0.05, 0) is 5.56 Å². The number of carbonyl (C=O) groups is 1. The summed E-state index contributed by atoms with van der Waals surface area (Å²) in [5, 5.41) is 3.37. The molecule has 2 aliphatic rings. The fourth-order valence-electron chi connectivity index (χ4n) is 3.95. The molecule has 1 amide bonds. The molecule has 0 spiro atoms. The Bertz CT molecular complexity index is 588. The van der Waals surface area contributed by atoms with Gasteiger partial charge in [0, 0.05) is 77.5 Å². The number of nitrogens with zero attached hydrogens (tertiary/aromatic N) is 3. The minimum Gasteiger partial charge on any atom is -0.445 e. The summed E-state index contributed by atoms with van der Waals surface area (Å²) in [6.07, 6.45) is -0.242. The lowest BCUT2D eigenvalue weighted by molar-refractivity contribution is 0.0651. The van der Waals surface area contributed by atoms with Crippen LogP contribution in [-0.2, 0) is 11.3 Å². The summed E-state index contributed by atoms with van der Waals surface area (Å²) in [5.74, 6) is 0. The van der Waals surface area contributed by atoms with Crippen molar-refractivity contribution >= 4 is 6.09 Å². The molecule has 5 N–H and O–H groups in total. The van der Waals surface area contributed by atoms with Gasteiger partial charge in [0.25, 0.3) is 0 Å². The van der Waals surface area contributed by atoms with E-state index in [0.29, 0.717) is 26.2 Å². The third kappa shape index (κ3) is 5.89. The van der Waals surface area contributed by atoms with Gasteiger partial charge < -0.3 is 26.4 Å². The molecule has 8 heteroatoms. The highest BCUT2D eigenvalue weighted by molar-refractivity contribution is 5.67. The molecule has 0 aliphatic carbocycles. The maximum atomic E-state index is 12.3. The minimum absolute atomic E-state index is 0.0136. The van der Waals surface area contributed by atoms with Crippen LogP contribution in [0.3, 0.4) is 0 Å². The maximum Gasteiger partial charge on any atom is 0.410 e. The van der Waals surface area contributed by atoms with Crippen LogP contribution in [0.5, 0.6) is 0 Å². The monoisotopic (exact) mass is 390 g/mol. The number of hydrogen-bond donors (Lipinski definition) is 3. The van der Waals surface area contributed by atoms with Crippen LogP contribution in [0.2, 0.25) is 0 Å². The van der Waals surface area contributed by atoms with Crippen molar-refractivity contribution in [3.63, 3.8) is 0 Å². The zero-order valence-electron chi connectivity index (χ0n) is 16.6. The Kier molecular flexibility index (Phi) is 8.05. The Balaban J connectivity index is 1.39. The Morgan fingerprint density at radius 2 is 1.75 bits per heavy atom. The van der Waals surface area contributed by atoms with Crippen LogP contribution in [-0.4, -0.2) is 98.3 Å². The van der Waals surface area contributed by atoms with E-state index in [1.165, 1.54) is 0 Å². The van der Waals surface area contributed by atoms with Crippen molar-refractivity contribution in [2.75, 3.05) is 65.4 Å². The van der Waals surface area contributed by atoms with Crippen LogP contribution in [0.25, 0.3) is 0 Å². The average Bonchev–Trinajstić information content (AvgIpc) is 2.74. The van der Waals surface area contributed by atoms with Crippen LogP contribution >= 0.6 is 0 Å². The predicted molar refractivity (Wildman–Crippen MR) is 110 cm³/mol. The van der Waals surface area contributed by atoms with E-state index in [1.807, 2.05) is 30.3 Å². The molecule has 0 aromatic heterocycles. The quantitative estimate of drug-likeness (QED) is 0.577. The molecule has 2 aliphatic heterocycles. The number of carbonyl (C=O) groups excluding carboxylic acids is 1. The standard InChI is InChI=1S/C20H34N6O2/c21-14-19(25-8-6-23-7-9-25)18(22)15-24-10-12-26(13-11-24)20(27)28-16-17-4-2-1-3-5-17/h1-5,18-19,23H,6-16,21-22H2. The summed E-state index contributed by atoms with van der Waals surface area (Å²) < 4.78 is 5.43. The topological polar surface area (TPSA) is 100 Å². The van der Waals surface area contributed by atoms with E-state index in [2.05, 4.69) is 15.1 Å². The highest BCUT2D eigenvalue weighted by Crippen LogP contribution is 2.10. The minimum atomic E-state index is -0.242. The molecule has 0 bridgehead atoms. The molecular formula is C20H34N6O2. The van der Waals surface area contributed by atoms with E-state index in [4.69, 9.17) is 16.2 Å². The van der Waals surface area contributed by atoms with Gasteiger partial charge in [-0.25, -0.2) is 4.79 Å². The Labute approximate surface area is 167 Å². The fourth-order valence-corrected chi connectivity index (χ4v) is 3.95. The number of hydrogen-bond acceptors (Lipinski definition) is 7.